The molecular weight excluding hydrogens is 330 g/mol. The minimum atomic E-state index is -0.268. The molecule has 26 heavy (non-hydrogen) atoms. The van der Waals surface area contributed by atoms with Crippen LogP contribution in [0.3, 0.4) is 0 Å². The van der Waals surface area contributed by atoms with E-state index in [1.54, 1.807) is 21.8 Å². The number of amides is 1. The van der Waals surface area contributed by atoms with Crippen LogP contribution in [0.4, 0.5) is 5.69 Å². The average molecular weight is 351 g/mol. The van der Waals surface area contributed by atoms with Gasteiger partial charge >= 0.3 is 0 Å². The van der Waals surface area contributed by atoms with Crippen molar-refractivity contribution in [3.63, 3.8) is 0 Å². The van der Waals surface area contributed by atoms with Crippen molar-refractivity contribution in [3.05, 3.63) is 54.6 Å². The van der Waals surface area contributed by atoms with E-state index < -0.39 is 0 Å². The van der Waals surface area contributed by atoms with Crippen LogP contribution < -0.4 is 10.6 Å². The molecule has 0 spiro atoms. The van der Waals surface area contributed by atoms with Crippen molar-refractivity contribution in [1.82, 2.24) is 30.1 Å². The zero-order chi connectivity index (χ0) is 17.8. The molecule has 1 aliphatic heterocycles. The third kappa shape index (κ3) is 3.80. The number of rotatable bonds is 5. The third-order valence-electron chi connectivity index (χ3n) is 4.49. The van der Waals surface area contributed by atoms with Gasteiger partial charge in [0.05, 0.1) is 11.9 Å². The first-order chi connectivity index (χ1) is 12.8. The van der Waals surface area contributed by atoms with Crippen molar-refractivity contribution in [1.29, 1.82) is 0 Å². The fourth-order valence-corrected chi connectivity index (χ4v) is 3.18. The Kier molecular flexibility index (Phi) is 4.74. The molecule has 3 aromatic rings. The van der Waals surface area contributed by atoms with Gasteiger partial charge in [-0.3, -0.25) is 9.48 Å². The summed E-state index contributed by atoms with van der Waals surface area (Å²) < 4.78 is 3.50. The summed E-state index contributed by atoms with van der Waals surface area (Å²) in [5, 5.41) is 18.6. The first kappa shape index (κ1) is 16.5. The normalized spacial score (nSPS) is 17.2. The molecule has 3 heterocycles. The predicted octanol–water partition coefficient (Wildman–Crippen LogP) is 1.72. The number of carbonyl (C=O) groups excluding carboxylic acids is 1. The molecule has 2 aromatic heterocycles. The molecule has 1 unspecified atom stereocenters. The highest BCUT2D eigenvalue weighted by Crippen LogP contribution is 2.15. The first-order valence-corrected chi connectivity index (χ1v) is 8.80. The Bertz CT molecular complexity index is 865. The number of hydrogen-bond acceptors (Lipinski definition) is 5. The van der Waals surface area contributed by atoms with E-state index in [-0.39, 0.29) is 5.91 Å². The summed E-state index contributed by atoms with van der Waals surface area (Å²) >= 11 is 0. The molecule has 1 saturated heterocycles. The standard InChI is InChI=1S/C18H21N7O/c26-18(17-13-24(23-22-17)12-14-4-2-7-19-11-14)21-15-5-1-6-16(10-15)25-9-3-8-20-25/h1,3,5-6,8-10,13-14,19H,2,4,7,11-12H2,(H,21,26). The van der Waals surface area contributed by atoms with E-state index in [0.717, 1.165) is 25.3 Å². The van der Waals surface area contributed by atoms with Gasteiger partial charge < -0.3 is 10.6 Å². The number of carbonyl (C=O) groups is 1. The first-order valence-electron chi connectivity index (χ1n) is 8.80. The third-order valence-corrected chi connectivity index (χ3v) is 4.49. The second kappa shape index (κ2) is 7.49. The molecular formula is C18H21N7O. The maximum atomic E-state index is 12.5. The summed E-state index contributed by atoms with van der Waals surface area (Å²) in [4.78, 5) is 12.5. The van der Waals surface area contributed by atoms with Gasteiger partial charge in [0.15, 0.2) is 5.69 Å². The molecule has 2 N–H and O–H groups in total. The second-order valence-electron chi connectivity index (χ2n) is 6.49. The van der Waals surface area contributed by atoms with Crippen molar-refractivity contribution in [3.8, 4) is 5.69 Å². The molecule has 8 heteroatoms. The molecule has 1 atom stereocenters. The molecule has 0 bridgehead atoms. The van der Waals surface area contributed by atoms with Crippen molar-refractivity contribution >= 4 is 11.6 Å². The predicted molar refractivity (Wildman–Crippen MR) is 97.1 cm³/mol. The fourth-order valence-electron chi connectivity index (χ4n) is 3.18. The number of nitrogens with one attached hydrogen (secondary N) is 2. The smallest absolute Gasteiger partial charge is 0.277 e. The number of benzene rings is 1. The second-order valence-corrected chi connectivity index (χ2v) is 6.49. The molecule has 1 amide bonds. The summed E-state index contributed by atoms with van der Waals surface area (Å²) in [6.07, 6.45) is 7.63. The lowest BCUT2D eigenvalue weighted by Gasteiger charge is -2.22. The maximum Gasteiger partial charge on any atom is 0.277 e. The van der Waals surface area contributed by atoms with Crippen LogP contribution in [0.25, 0.3) is 5.69 Å². The van der Waals surface area contributed by atoms with Crippen LogP contribution in [0.15, 0.2) is 48.9 Å². The van der Waals surface area contributed by atoms with Crippen LogP contribution >= 0.6 is 0 Å². The van der Waals surface area contributed by atoms with Crippen LogP contribution in [0.5, 0.6) is 0 Å². The number of piperidine rings is 1. The van der Waals surface area contributed by atoms with Crippen LogP contribution in [-0.4, -0.2) is 43.8 Å². The van der Waals surface area contributed by atoms with E-state index >= 15 is 0 Å². The lowest BCUT2D eigenvalue weighted by atomic mass is 10.00. The minimum Gasteiger partial charge on any atom is -0.320 e. The molecule has 0 aliphatic carbocycles. The molecule has 0 saturated carbocycles. The summed E-state index contributed by atoms with van der Waals surface area (Å²) in [6, 6.07) is 9.36. The van der Waals surface area contributed by atoms with E-state index in [1.807, 2.05) is 36.5 Å². The van der Waals surface area contributed by atoms with Crippen molar-refractivity contribution in [2.24, 2.45) is 5.92 Å². The Balaban J connectivity index is 1.41. The molecule has 8 nitrogen and oxygen atoms in total. The molecule has 1 aliphatic rings. The monoisotopic (exact) mass is 351 g/mol. The van der Waals surface area contributed by atoms with Gasteiger partial charge in [0, 0.05) is 24.6 Å². The Morgan fingerprint density at radius 3 is 3.12 bits per heavy atom. The maximum absolute atomic E-state index is 12.5. The van der Waals surface area contributed by atoms with Crippen LogP contribution in [0.2, 0.25) is 0 Å². The number of nitrogens with zero attached hydrogens (tertiary/aromatic N) is 5. The quantitative estimate of drug-likeness (QED) is 0.730. The van der Waals surface area contributed by atoms with Gasteiger partial charge in [-0.1, -0.05) is 11.3 Å². The number of aromatic nitrogens is 5. The van der Waals surface area contributed by atoms with Crippen LogP contribution in [0.1, 0.15) is 23.3 Å². The van der Waals surface area contributed by atoms with E-state index in [1.165, 1.54) is 12.8 Å². The Labute approximate surface area is 151 Å². The molecule has 1 fully saturated rings. The van der Waals surface area contributed by atoms with Crippen LogP contribution in [0, 0.1) is 5.92 Å². The highest BCUT2D eigenvalue weighted by molar-refractivity contribution is 6.02. The SMILES string of the molecule is O=C(Nc1cccc(-n2cccn2)c1)c1cn(CC2CCCNC2)nn1. The minimum absolute atomic E-state index is 0.268. The number of hydrogen-bond donors (Lipinski definition) is 2. The molecule has 0 radical (unpaired) electrons. The lowest BCUT2D eigenvalue weighted by Crippen LogP contribution is -2.32. The van der Waals surface area contributed by atoms with Gasteiger partial charge in [-0.25, -0.2) is 4.68 Å². The van der Waals surface area contributed by atoms with E-state index in [2.05, 4.69) is 26.0 Å². The topological polar surface area (TPSA) is 89.7 Å². The Hall–Kier alpha value is -3.00. The van der Waals surface area contributed by atoms with Gasteiger partial charge in [-0.2, -0.15) is 5.10 Å². The summed E-state index contributed by atoms with van der Waals surface area (Å²) in [5.41, 5.74) is 1.88. The summed E-state index contributed by atoms with van der Waals surface area (Å²) in [7, 11) is 0. The highest BCUT2D eigenvalue weighted by Gasteiger charge is 2.16. The highest BCUT2D eigenvalue weighted by atomic mass is 16.2. The summed E-state index contributed by atoms with van der Waals surface area (Å²) in [6.45, 7) is 2.85. The molecule has 4 rings (SSSR count). The van der Waals surface area contributed by atoms with Gasteiger partial charge in [0.1, 0.15) is 0 Å². The van der Waals surface area contributed by atoms with Crippen molar-refractivity contribution in [2.75, 3.05) is 18.4 Å². The largest absolute Gasteiger partial charge is 0.320 e. The zero-order valence-electron chi connectivity index (χ0n) is 14.4. The van der Waals surface area contributed by atoms with Gasteiger partial charge in [0.25, 0.3) is 5.91 Å². The number of anilines is 1. The van der Waals surface area contributed by atoms with Gasteiger partial charge in [-0.05, 0) is 56.1 Å². The van der Waals surface area contributed by atoms with Crippen molar-refractivity contribution in [2.45, 2.75) is 19.4 Å². The lowest BCUT2D eigenvalue weighted by molar-refractivity contribution is 0.102. The molecule has 1 aromatic carbocycles. The Morgan fingerprint density at radius 2 is 2.31 bits per heavy atom. The van der Waals surface area contributed by atoms with E-state index in [0.29, 0.717) is 17.3 Å². The van der Waals surface area contributed by atoms with Gasteiger partial charge in [-0.15, -0.1) is 5.10 Å². The van der Waals surface area contributed by atoms with E-state index in [4.69, 9.17) is 0 Å². The average Bonchev–Trinajstić information content (AvgIpc) is 3.35. The molecule has 134 valence electrons. The van der Waals surface area contributed by atoms with Gasteiger partial charge in [0.2, 0.25) is 0 Å². The Morgan fingerprint density at radius 1 is 1.35 bits per heavy atom. The zero-order valence-corrected chi connectivity index (χ0v) is 14.4. The summed E-state index contributed by atoms with van der Waals surface area (Å²) in [5.74, 6) is 0.266. The van der Waals surface area contributed by atoms with E-state index in [9.17, 15) is 4.79 Å². The van der Waals surface area contributed by atoms with Crippen molar-refractivity contribution < 1.29 is 4.79 Å². The fraction of sp³-hybridized carbons (Fsp3) is 0.333. The van der Waals surface area contributed by atoms with Crippen LogP contribution in [-0.2, 0) is 6.54 Å².